The maximum absolute atomic E-state index is 12.1. The highest BCUT2D eigenvalue weighted by molar-refractivity contribution is 5.85. The maximum atomic E-state index is 12.1. The third-order valence-electron chi connectivity index (χ3n) is 4.64. The summed E-state index contributed by atoms with van der Waals surface area (Å²) in [5.74, 6) is 0.268. The number of carbonyl (C=O) groups is 1. The van der Waals surface area contributed by atoms with Gasteiger partial charge in [0.05, 0.1) is 0 Å². The molecule has 2 fully saturated rings. The molecule has 20 heavy (non-hydrogen) atoms. The second-order valence-corrected chi connectivity index (χ2v) is 6.59. The molecule has 1 N–H and O–H groups in total. The standard InChI is InChI=1S/C17H24N2O/c1-17(9-10-17)16(20)18-15-8-5-11-19(13-15)12-14-6-3-2-4-7-14/h2-4,6-7,15H,5,8-13H2,1H3,(H,18,20)/t15-/m1/s1. The summed E-state index contributed by atoms with van der Waals surface area (Å²) >= 11 is 0. The minimum atomic E-state index is -0.0539. The fourth-order valence-corrected chi connectivity index (χ4v) is 2.93. The van der Waals surface area contributed by atoms with Crippen LogP contribution in [0.4, 0.5) is 0 Å². The van der Waals surface area contributed by atoms with Gasteiger partial charge in [0.2, 0.25) is 5.91 Å². The van der Waals surface area contributed by atoms with Crippen LogP contribution >= 0.6 is 0 Å². The smallest absolute Gasteiger partial charge is 0.226 e. The summed E-state index contributed by atoms with van der Waals surface area (Å²) in [5.41, 5.74) is 1.30. The molecule has 0 aromatic heterocycles. The van der Waals surface area contributed by atoms with E-state index in [0.717, 1.165) is 38.9 Å². The summed E-state index contributed by atoms with van der Waals surface area (Å²) in [6.07, 6.45) is 4.40. The Bertz CT molecular complexity index is 467. The summed E-state index contributed by atoms with van der Waals surface area (Å²) in [4.78, 5) is 14.6. The van der Waals surface area contributed by atoms with Gasteiger partial charge < -0.3 is 5.32 Å². The third kappa shape index (κ3) is 3.21. The minimum absolute atomic E-state index is 0.0539. The Morgan fingerprint density at radius 2 is 2.10 bits per heavy atom. The first-order valence-corrected chi connectivity index (χ1v) is 7.73. The van der Waals surface area contributed by atoms with Gasteiger partial charge in [-0.1, -0.05) is 37.3 Å². The van der Waals surface area contributed by atoms with E-state index in [1.54, 1.807) is 0 Å². The topological polar surface area (TPSA) is 32.3 Å². The highest BCUT2D eigenvalue weighted by atomic mass is 16.2. The largest absolute Gasteiger partial charge is 0.352 e. The van der Waals surface area contributed by atoms with Gasteiger partial charge in [-0.2, -0.15) is 0 Å². The fourth-order valence-electron chi connectivity index (χ4n) is 2.93. The van der Waals surface area contributed by atoms with E-state index in [2.05, 4.69) is 47.5 Å². The van der Waals surface area contributed by atoms with Crippen molar-refractivity contribution in [1.29, 1.82) is 0 Å². The zero-order valence-electron chi connectivity index (χ0n) is 12.3. The van der Waals surface area contributed by atoms with E-state index in [9.17, 15) is 4.79 Å². The van der Waals surface area contributed by atoms with Gasteiger partial charge in [-0.25, -0.2) is 0 Å². The van der Waals surface area contributed by atoms with E-state index in [4.69, 9.17) is 0 Å². The van der Waals surface area contributed by atoms with Crippen LogP contribution in [0.2, 0.25) is 0 Å². The predicted molar refractivity (Wildman–Crippen MR) is 80.2 cm³/mol. The molecule has 1 saturated heterocycles. The zero-order chi connectivity index (χ0) is 14.0. The number of rotatable bonds is 4. The summed E-state index contributed by atoms with van der Waals surface area (Å²) in [5, 5.41) is 3.26. The lowest BCUT2D eigenvalue weighted by Crippen LogP contribution is -2.48. The minimum Gasteiger partial charge on any atom is -0.352 e. The average molecular weight is 272 g/mol. The van der Waals surface area contributed by atoms with Crippen molar-refractivity contribution in [3.05, 3.63) is 35.9 Å². The van der Waals surface area contributed by atoms with Gasteiger partial charge in [-0.3, -0.25) is 9.69 Å². The number of nitrogens with one attached hydrogen (secondary N) is 1. The van der Waals surface area contributed by atoms with Gasteiger partial charge in [0, 0.05) is 24.5 Å². The molecule has 2 aliphatic rings. The molecular weight excluding hydrogens is 248 g/mol. The van der Waals surface area contributed by atoms with Crippen LogP contribution in [0.15, 0.2) is 30.3 Å². The fraction of sp³-hybridized carbons (Fsp3) is 0.588. The van der Waals surface area contributed by atoms with Crippen molar-refractivity contribution in [3.8, 4) is 0 Å². The van der Waals surface area contributed by atoms with Gasteiger partial charge in [-0.05, 0) is 37.8 Å². The maximum Gasteiger partial charge on any atom is 0.226 e. The van der Waals surface area contributed by atoms with Crippen molar-refractivity contribution in [3.63, 3.8) is 0 Å². The molecule has 0 unspecified atom stereocenters. The molecule has 1 amide bonds. The summed E-state index contributed by atoms with van der Waals surface area (Å²) in [6.45, 7) is 5.19. The van der Waals surface area contributed by atoms with Crippen molar-refractivity contribution >= 4 is 5.91 Å². The molecule has 0 bridgehead atoms. The highest BCUT2D eigenvalue weighted by Crippen LogP contribution is 2.45. The van der Waals surface area contributed by atoms with Crippen LogP contribution in [-0.4, -0.2) is 29.9 Å². The molecule has 3 heteroatoms. The molecule has 0 radical (unpaired) electrons. The number of benzene rings is 1. The van der Waals surface area contributed by atoms with Crippen LogP contribution in [0, 0.1) is 5.41 Å². The van der Waals surface area contributed by atoms with Crippen LogP contribution in [0.3, 0.4) is 0 Å². The molecule has 1 saturated carbocycles. The Labute approximate surface area is 121 Å². The molecule has 1 heterocycles. The monoisotopic (exact) mass is 272 g/mol. The van der Waals surface area contributed by atoms with E-state index in [1.165, 1.54) is 12.0 Å². The summed E-state index contributed by atoms with van der Waals surface area (Å²) in [6, 6.07) is 10.9. The number of nitrogens with zero attached hydrogens (tertiary/aromatic N) is 1. The Morgan fingerprint density at radius 3 is 2.80 bits per heavy atom. The number of amides is 1. The summed E-state index contributed by atoms with van der Waals surface area (Å²) in [7, 11) is 0. The van der Waals surface area contributed by atoms with E-state index < -0.39 is 0 Å². The lowest BCUT2D eigenvalue weighted by molar-refractivity contribution is -0.126. The number of likely N-dealkylation sites (tertiary alicyclic amines) is 1. The highest BCUT2D eigenvalue weighted by Gasteiger charge is 2.45. The van der Waals surface area contributed by atoms with Crippen molar-refractivity contribution in [2.45, 2.75) is 45.2 Å². The third-order valence-corrected chi connectivity index (χ3v) is 4.64. The molecule has 1 aliphatic carbocycles. The molecule has 3 nitrogen and oxygen atoms in total. The van der Waals surface area contributed by atoms with Gasteiger partial charge in [0.15, 0.2) is 0 Å². The second kappa shape index (κ2) is 5.57. The van der Waals surface area contributed by atoms with Crippen LogP contribution in [-0.2, 0) is 11.3 Å². The lowest BCUT2D eigenvalue weighted by atomic mass is 10.0. The van der Waals surface area contributed by atoms with Crippen LogP contribution < -0.4 is 5.32 Å². The molecule has 1 aliphatic heterocycles. The molecule has 3 rings (SSSR count). The Kier molecular flexibility index (Phi) is 3.79. The van der Waals surface area contributed by atoms with Gasteiger partial charge in [0.25, 0.3) is 0 Å². The molecule has 1 aromatic carbocycles. The van der Waals surface area contributed by atoms with Crippen molar-refractivity contribution in [2.75, 3.05) is 13.1 Å². The SMILES string of the molecule is CC1(C(=O)N[C@@H]2CCCN(Cc3ccccc3)C2)CC1. The molecule has 108 valence electrons. The normalized spacial score (nSPS) is 25.1. The molecule has 1 aromatic rings. The van der Waals surface area contributed by atoms with Crippen LogP contribution in [0.5, 0.6) is 0 Å². The van der Waals surface area contributed by atoms with Crippen molar-refractivity contribution < 1.29 is 4.79 Å². The summed E-state index contributed by atoms with van der Waals surface area (Å²) < 4.78 is 0. The molecule has 1 atom stereocenters. The van der Waals surface area contributed by atoms with E-state index >= 15 is 0 Å². The number of hydrogen-bond donors (Lipinski definition) is 1. The molecular formula is C17H24N2O. The van der Waals surface area contributed by atoms with Crippen molar-refractivity contribution in [1.82, 2.24) is 10.2 Å². The average Bonchev–Trinajstić information content (AvgIpc) is 3.20. The predicted octanol–water partition coefficient (Wildman–Crippen LogP) is 2.57. The number of carbonyl (C=O) groups excluding carboxylic acids is 1. The van der Waals surface area contributed by atoms with Gasteiger partial charge >= 0.3 is 0 Å². The van der Waals surface area contributed by atoms with E-state index in [0.29, 0.717) is 6.04 Å². The van der Waals surface area contributed by atoms with Crippen LogP contribution in [0.25, 0.3) is 0 Å². The van der Waals surface area contributed by atoms with Crippen molar-refractivity contribution in [2.24, 2.45) is 5.41 Å². The first-order chi connectivity index (χ1) is 9.66. The van der Waals surface area contributed by atoms with Gasteiger partial charge in [0.1, 0.15) is 0 Å². The Balaban J connectivity index is 1.52. The number of piperidine rings is 1. The first kappa shape index (κ1) is 13.6. The Morgan fingerprint density at radius 1 is 1.35 bits per heavy atom. The lowest BCUT2D eigenvalue weighted by Gasteiger charge is -2.33. The van der Waals surface area contributed by atoms with Gasteiger partial charge in [-0.15, -0.1) is 0 Å². The molecule has 0 spiro atoms. The zero-order valence-corrected chi connectivity index (χ0v) is 12.3. The number of hydrogen-bond acceptors (Lipinski definition) is 2. The first-order valence-electron chi connectivity index (χ1n) is 7.73. The second-order valence-electron chi connectivity index (χ2n) is 6.59. The van der Waals surface area contributed by atoms with Crippen LogP contribution in [0.1, 0.15) is 38.2 Å². The van der Waals surface area contributed by atoms with E-state index in [1.807, 2.05) is 0 Å². The quantitative estimate of drug-likeness (QED) is 0.913. The Hall–Kier alpha value is -1.35. The van der Waals surface area contributed by atoms with E-state index in [-0.39, 0.29) is 11.3 Å².